The fraction of sp³-hybridized carbons (Fsp3) is 0.394. The molecule has 17 nitrogen and oxygen atoms in total. The summed E-state index contributed by atoms with van der Waals surface area (Å²) in [6.45, 7) is 2.64. The van der Waals surface area contributed by atoms with E-state index < -0.39 is 29.2 Å². The first kappa shape index (κ1) is 36.2. The van der Waals surface area contributed by atoms with Crippen LogP contribution in [-0.4, -0.2) is 95.2 Å². The highest BCUT2D eigenvalue weighted by molar-refractivity contribution is 8.00. The van der Waals surface area contributed by atoms with Crippen LogP contribution < -0.4 is 20.9 Å². The first-order valence-electron chi connectivity index (χ1n) is 16.8. The molecule has 7 rings (SSSR count). The lowest BCUT2D eigenvalue weighted by atomic mass is 10.0. The first-order valence-corrected chi connectivity index (χ1v) is 19.5. The number of allylic oxidation sites excluding steroid dienone is 1. The number of rotatable bonds is 12. The molecule has 4 amide bonds. The van der Waals surface area contributed by atoms with Crippen LogP contribution in [0.15, 0.2) is 58.0 Å². The molecule has 4 aliphatic rings. The third-order valence-corrected chi connectivity index (χ3v) is 11.8. The quantitative estimate of drug-likeness (QED) is 0.0676. The van der Waals surface area contributed by atoms with Gasteiger partial charge in [0.05, 0.1) is 0 Å². The number of fused-ring (bicyclic) bond motifs is 1. The summed E-state index contributed by atoms with van der Waals surface area (Å²) >= 11 is 3.72. The minimum absolute atomic E-state index is 0.0771. The van der Waals surface area contributed by atoms with Crippen molar-refractivity contribution in [1.82, 2.24) is 30.3 Å². The van der Waals surface area contributed by atoms with Crippen LogP contribution >= 0.6 is 34.4 Å². The minimum atomic E-state index is -1.31. The molecule has 1 saturated carbocycles. The molecule has 0 bridgehead atoms. The molecule has 5 N–H and O–H groups in total. The molecule has 0 spiro atoms. The molecule has 2 saturated heterocycles. The largest absolute Gasteiger partial charge is 0.477 e. The number of aryl methyl sites for hydroxylation is 1. The topological polar surface area (TPSA) is 226 Å². The van der Waals surface area contributed by atoms with Crippen LogP contribution in [0.1, 0.15) is 48.4 Å². The van der Waals surface area contributed by atoms with Gasteiger partial charge in [-0.2, -0.15) is 4.57 Å². The van der Waals surface area contributed by atoms with E-state index in [1.807, 2.05) is 12.1 Å². The number of pyridine rings is 1. The Hall–Kier alpha value is -5.21. The standard InChI is InChI=1S/C33H34N10O7S3/c1-17-38-39-33(53-17)36-23(44)14-41-9-6-18(7-10-41)13-42-11-8-19(28(42)46)12-20-15-51-30-25(29(47)43(30)26(20)31(48)49)37-27(45)24(22-16-52-32(34)35-22)40-50-21-4-2-3-5-21/h6-7,9-10,12,16,21,25,30H,2-5,8,11,13-15H2,1H3,(H4-,34,35,36,37,39,44,45,48,49)/p+1/b19-12+,40-24-/t25-,30-/m1/s1. The number of nitrogens with one attached hydrogen (secondary N) is 2. The Balaban J connectivity index is 0.986. The number of thioether (sulfide) groups is 1. The SMILES string of the molecule is Cc1nnc(NC(=O)C[n+]2ccc(CN3CC/C(=C\C4=C(C(=O)O)N5C(=O)[C@@H](NC(=O)/C(=N\OC6CCCC6)c6csc(N)n6)[C@H]5SC4)C3=O)cc2)s1. The number of β-lactam (4-membered cyclic amide) rings is 1. The average Bonchev–Trinajstić information content (AvgIpc) is 3.96. The van der Waals surface area contributed by atoms with Crippen molar-refractivity contribution >= 4 is 80.0 Å². The average molecular weight is 780 g/mol. The van der Waals surface area contributed by atoms with Gasteiger partial charge in [-0.1, -0.05) is 16.5 Å². The number of anilines is 2. The zero-order valence-corrected chi connectivity index (χ0v) is 30.8. The molecule has 3 aromatic rings. The zero-order valence-electron chi connectivity index (χ0n) is 28.4. The lowest BCUT2D eigenvalue weighted by Crippen LogP contribution is -2.71. The number of nitrogens with zero attached hydrogens (tertiary/aromatic N) is 7. The number of thiazole rings is 1. The van der Waals surface area contributed by atoms with Gasteiger partial charge >= 0.3 is 5.97 Å². The van der Waals surface area contributed by atoms with Crippen molar-refractivity contribution in [2.75, 3.05) is 23.3 Å². The van der Waals surface area contributed by atoms with Crippen molar-refractivity contribution in [3.05, 3.63) is 69.1 Å². The van der Waals surface area contributed by atoms with Gasteiger partial charge in [-0.3, -0.25) is 29.4 Å². The van der Waals surface area contributed by atoms with Gasteiger partial charge < -0.3 is 25.9 Å². The highest BCUT2D eigenvalue weighted by Gasteiger charge is 2.54. The molecule has 0 unspecified atom stereocenters. The number of carboxylic acid groups (broad SMARTS) is 1. The molecular formula is C33H35N10O7S3+. The summed E-state index contributed by atoms with van der Waals surface area (Å²) < 4.78 is 1.71. The maximum atomic E-state index is 13.4. The Morgan fingerprint density at radius 1 is 1.19 bits per heavy atom. The van der Waals surface area contributed by atoms with Crippen LogP contribution in [0.2, 0.25) is 0 Å². The highest BCUT2D eigenvalue weighted by Crippen LogP contribution is 2.41. The predicted octanol–water partition coefficient (Wildman–Crippen LogP) is 1.57. The number of aliphatic carboxylic acids is 1. The smallest absolute Gasteiger partial charge is 0.352 e. The molecule has 53 heavy (non-hydrogen) atoms. The van der Waals surface area contributed by atoms with Crippen LogP contribution in [0.25, 0.3) is 0 Å². The monoisotopic (exact) mass is 779 g/mol. The fourth-order valence-electron chi connectivity index (χ4n) is 6.44. The maximum Gasteiger partial charge on any atom is 0.352 e. The summed E-state index contributed by atoms with van der Waals surface area (Å²) in [5, 5.41) is 29.8. The molecule has 3 aliphatic heterocycles. The van der Waals surface area contributed by atoms with Crippen molar-refractivity contribution in [2.24, 2.45) is 5.16 Å². The van der Waals surface area contributed by atoms with Gasteiger partial charge in [0.15, 0.2) is 23.2 Å². The highest BCUT2D eigenvalue weighted by atomic mass is 32.2. The molecule has 276 valence electrons. The number of likely N-dealkylation sites (tertiary alicyclic amines) is 1. The summed E-state index contributed by atoms with van der Waals surface area (Å²) in [5.74, 6) is -2.85. The molecule has 0 radical (unpaired) electrons. The third kappa shape index (κ3) is 7.93. The second-order valence-corrected chi connectivity index (χ2v) is 15.9. The van der Waals surface area contributed by atoms with Crippen LogP contribution in [0.4, 0.5) is 10.3 Å². The number of oxime groups is 1. The van der Waals surface area contributed by atoms with E-state index in [-0.39, 0.29) is 52.5 Å². The second-order valence-electron chi connectivity index (χ2n) is 12.8. The summed E-state index contributed by atoms with van der Waals surface area (Å²) in [6.07, 6.45) is 9.02. The molecule has 1 aliphatic carbocycles. The van der Waals surface area contributed by atoms with Crippen LogP contribution in [-0.2, 0) is 41.9 Å². The van der Waals surface area contributed by atoms with Gasteiger partial charge in [-0.05, 0) is 56.2 Å². The Morgan fingerprint density at radius 3 is 2.64 bits per heavy atom. The van der Waals surface area contributed by atoms with Crippen molar-refractivity contribution in [2.45, 2.75) is 69.6 Å². The number of amides is 4. The summed E-state index contributed by atoms with van der Waals surface area (Å²) in [7, 11) is 0. The molecule has 3 fully saturated rings. The third-order valence-electron chi connectivity index (χ3n) is 9.06. The lowest BCUT2D eigenvalue weighted by Gasteiger charge is -2.49. The molecule has 3 aromatic heterocycles. The van der Waals surface area contributed by atoms with Crippen molar-refractivity contribution in [3.63, 3.8) is 0 Å². The maximum absolute atomic E-state index is 13.4. The van der Waals surface area contributed by atoms with Gasteiger partial charge in [0, 0.05) is 41.9 Å². The zero-order chi connectivity index (χ0) is 37.2. The first-order chi connectivity index (χ1) is 25.5. The Bertz CT molecular complexity index is 2050. The Kier molecular flexibility index (Phi) is 10.5. The van der Waals surface area contributed by atoms with E-state index in [2.05, 4.69) is 31.0 Å². The number of nitrogens with two attached hydrogens (primary N) is 1. The van der Waals surface area contributed by atoms with Crippen LogP contribution in [0, 0.1) is 6.92 Å². The van der Waals surface area contributed by atoms with E-state index in [4.69, 9.17) is 10.6 Å². The van der Waals surface area contributed by atoms with Gasteiger partial charge in [0.1, 0.15) is 33.9 Å². The van der Waals surface area contributed by atoms with Gasteiger partial charge in [-0.25, -0.2) is 9.78 Å². The normalized spacial score (nSPS) is 21.2. The van der Waals surface area contributed by atoms with Crippen molar-refractivity contribution < 1.29 is 38.5 Å². The van der Waals surface area contributed by atoms with E-state index in [0.29, 0.717) is 35.8 Å². The van der Waals surface area contributed by atoms with E-state index in [0.717, 1.165) is 52.5 Å². The number of carboxylic acids is 1. The van der Waals surface area contributed by atoms with Gasteiger partial charge in [0.2, 0.25) is 17.6 Å². The van der Waals surface area contributed by atoms with Crippen LogP contribution in [0.3, 0.4) is 0 Å². The molecular weight excluding hydrogens is 745 g/mol. The number of hydrogen-bond donors (Lipinski definition) is 4. The number of hydrogen-bond acceptors (Lipinski definition) is 14. The summed E-state index contributed by atoms with van der Waals surface area (Å²) in [4.78, 5) is 77.8. The fourth-order valence-corrected chi connectivity index (χ4v) is 8.90. The second kappa shape index (κ2) is 15.4. The number of carbonyl (C=O) groups is 5. The van der Waals surface area contributed by atoms with Crippen molar-refractivity contribution in [3.8, 4) is 0 Å². The van der Waals surface area contributed by atoms with E-state index in [9.17, 15) is 29.1 Å². The molecule has 0 aromatic carbocycles. The Labute approximate surface area is 315 Å². The number of aromatic nitrogens is 4. The molecule has 20 heteroatoms. The predicted molar refractivity (Wildman–Crippen MR) is 194 cm³/mol. The van der Waals surface area contributed by atoms with Gasteiger partial charge in [0.25, 0.3) is 17.7 Å². The lowest BCUT2D eigenvalue weighted by molar-refractivity contribution is -0.684. The Morgan fingerprint density at radius 2 is 1.96 bits per heavy atom. The molecule has 6 heterocycles. The number of carbonyl (C=O) groups excluding carboxylic acids is 4. The van der Waals surface area contributed by atoms with Gasteiger partial charge in [-0.15, -0.1) is 33.3 Å². The van der Waals surface area contributed by atoms with E-state index >= 15 is 0 Å². The van der Waals surface area contributed by atoms with E-state index in [1.54, 1.807) is 40.2 Å². The summed E-state index contributed by atoms with van der Waals surface area (Å²) in [5.41, 5.74) is 7.32. The van der Waals surface area contributed by atoms with Crippen molar-refractivity contribution in [1.29, 1.82) is 0 Å². The molecule has 2 atom stereocenters. The minimum Gasteiger partial charge on any atom is -0.477 e. The van der Waals surface area contributed by atoms with E-state index in [1.165, 1.54) is 23.1 Å². The number of nitrogen functional groups attached to an aromatic ring is 1. The summed E-state index contributed by atoms with van der Waals surface area (Å²) in [6, 6.07) is 2.65. The van der Waals surface area contributed by atoms with Crippen LogP contribution in [0.5, 0.6) is 0 Å².